The summed E-state index contributed by atoms with van der Waals surface area (Å²) in [5.41, 5.74) is 0. The van der Waals surface area contributed by atoms with Crippen LogP contribution in [-0.4, -0.2) is 15.0 Å². The Hall–Kier alpha value is -1.03. The topological polar surface area (TPSA) is 73.7 Å². The van der Waals surface area contributed by atoms with E-state index in [2.05, 4.69) is 28.8 Å². The van der Waals surface area contributed by atoms with E-state index in [9.17, 15) is 0 Å². The maximum atomic E-state index is 4.55. The van der Waals surface area contributed by atoms with Crippen LogP contribution in [0, 0.1) is 0 Å². The van der Waals surface area contributed by atoms with Gasteiger partial charge in [-0.3, -0.25) is 0 Å². The molecule has 1 rings (SSSR count). The van der Waals surface area contributed by atoms with Crippen molar-refractivity contribution in [2.24, 2.45) is 0 Å². The lowest BCUT2D eigenvalue weighted by molar-refractivity contribution is 0.629. The first-order valence-corrected chi connectivity index (χ1v) is 7.53. The predicted molar refractivity (Wildman–Crippen MR) is 80.5 cm³/mol. The van der Waals surface area contributed by atoms with Gasteiger partial charge in [0.05, 0.1) is 0 Å². The van der Waals surface area contributed by atoms with Crippen LogP contribution in [0.25, 0.3) is 0 Å². The van der Waals surface area contributed by atoms with E-state index in [1.54, 1.807) is 6.33 Å². The number of hydrogen-bond acceptors (Lipinski definition) is 4. The van der Waals surface area contributed by atoms with E-state index in [0.29, 0.717) is 0 Å². The molecule has 0 saturated carbocycles. The second kappa shape index (κ2) is 12.0. The van der Waals surface area contributed by atoms with Gasteiger partial charge in [-0.2, -0.15) is 0 Å². The molecule has 4 heteroatoms. The minimum Gasteiger partial charge on any atom is -0.344 e. The Kier molecular flexibility index (Phi) is 11.4. The molecule has 110 valence electrons. The zero-order valence-corrected chi connectivity index (χ0v) is 12.7. The summed E-state index contributed by atoms with van der Waals surface area (Å²) in [6, 6.07) is 0. The maximum Gasteiger partial charge on any atom is 0.132 e. The highest BCUT2D eigenvalue weighted by Crippen LogP contribution is 2.06. The SMILES string of the molecule is CCCCCCc1ncnc(CCCCCC)n1.N. The Morgan fingerprint density at radius 3 is 1.63 bits per heavy atom. The van der Waals surface area contributed by atoms with Crippen molar-refractivity contribution >= 4 is 0 Å². The summed E-state index contributed by atoms with van der Waals surface area (Å²) < 4.78 is 0. The number of nitrogens with zero attached hydrogens (tertiary/aromatic N) is 3. The molecule has 0 radical (unpaired) electrons. The van der Waals surface area contributed by atoms with Crippen molar-refractivity contribution in [3.8, 4) is 0 Å². The average molecular weight is 266 g/mol. The van der Waals surface area contributed by atoms with Crippen LogP contribution in [0.15, 0.2) is 6.33 Å². The summed E-state index contributed by atoms with van der Waals surface area (Å²) >= 11 is 0. The van der Waals surface area contributed by atoms with E-state index in [0.717, 1.165) is 24.5 Å². The third kappa shape index (κ3) is 8.65. The molecule has 0 aromatic carbocycles. The van der Waals surface area contributed by atoms with Gasteiger partial charge in [0.2, 0.25) is 0 Å². The van der Waals surface area contributed by atoms with Gasteiger partial charge >= 0.3 is 0 Å². The number of hydrogen-bond donors (Lipinski definition) is 1. The Morgan fingerprint density at radius 2 is 1.21 bits per heavy atom. The summed E-state index contributed by atoms with van der Waals surface area (Å²) in [4.78, 5) is 13.1. The highest BCUT2D eigenvalue weighted by Gasteiger charge is 2.01. The van der Waals surface area contributed by atoms with Crippen LogP contribution < -0.4 is 6.15 Å². The first kappa shape index (κ1) is 18.0. The minimum absolute atomic E-state index is 0. The first-order chi connectivity index (χ1) is 8.86. The van der Waals surface area contributed by atoms with Crippen molar-refractivity contribution in [1.82, 2.24) is 21.1 Å². The molecule has 19 heavy (non-hydrogen) atoms. The molecule has 0 unspecified atom stereocenters. The normalized spacial score (nSPS) is 10.2. The molecule has 4 nitrogen and oxygen atoms in total. The third-order valence-corrected chi connectivity index (χ3v) is 3.18. The zero-order valence-electron chi connectivity index (χ0n) is 12.7. The van der Waals surface area contributed by atoms with Crippen molar-refractivity contribution < 1.29 is 0 Å². The van der Waals surface area contributed by atoms with Crippen LogP contribution in [-0.2, 0) is 12.8 Å². The van der Waals surface area contributed by atoms with Gasteiger partial charge in [0.25, 0.3) is 0 Å². The Balaban J connectivity index is 0.00000324. The Labute approximate surface area is 118 Å². The molecule has 0 fully saturated rings. The quantitative estimate of drug-likeness (QED) is 0.641. The number of unbranched alkanes of at least 4 members (excludes halogenated alkanes) is 6. The molecule has 0 atom stereocenters. The number of aromatic nitrogens is 3. The van der Waals surface area contributed by atoms with Crippen molar-refractivity contribution in [3.05, 3.63) is 18.0 Å². The molecular weight excluding hydrogens is 236 g/mol. The molecule has 0 aliphatic rings. The second-order valence-corrected chi connectivity index (χ2v) is 4.94. The molecule has 0 saturated heterocycles. The van der Waals surface area contributed by atoms with Gasteiger partial charge in [-0.1, -0.05) is 52.4 Å². The maximum absolute atomic E-state index is 4.55. The fourth-order valence-corrected chi connectivity index (χ4v) is 2.03. The monoisotopic (exact) mass is 266 g/mol. The molecule has 0 aliphatic carbocycles. The van der Waals surface area contributed by atoms with Gasteiger partial charge in [0.15, 0.2) is 0 Å². The fraction of sp³-hybridized carbons (Fsp3) is 0.800. The van der Waals surface area contributed by atoms with Crippen LogP contribution in [0.2, 0.25) is 0 Å². The number of aryl methyl sites for hydroxylation is 2. The summed E-state index contributed by atoms with van der Waals surface area (Å²) in [6.07, 6.45) is 13.8. The molecule has 0 spiro atoms. The van der Waals surface area contributed by atoms with Crippen molar-refractivity contribution in [3.63, 3.8) is 0 Å². The first-order valence-electron chi connectivity index (χ1n) is 7.53. The van der Waals surface area contributed by atoms with Crippen LogP contribution >= 0.6 is 0 Å². The van der Waals surface area contributed by atoms with Crippen molar-refractivity contribution in [1.29, 1.82) is 0 Å². The molecule has 0 aliphatic heterocycles. The molecule has 1 aromatic heterocycles. The average Bonchev–Trinajstić information content (AvgIpc) is 2.40. The van der Waals surface area contributed by atoms with Gasteiger partial charge in [-0.05, 0) is 12.8 Å². The zero-order chi connectivity index (χ0) is 13.1. The lowest BCUT2D eigenvalue weighted by atomic mass is 10.1. The highest BCUT2D eigenvalue weighted by molar-refractivity contribution is 4.91. The molecule has 1 heterocycles. The van der Waals surface area contributed by atoms with Crippen LogP contribution in [0.1, 0.15) is 76.9 Å². The van der Waals surface area contributed by atoms with Gasteiger partial charge in [0.1, 0.15) is 18.0 Å². The predicted octanol–water partition coefficient (Wildman–Crippen LogP) is 4.28. The summed E-state index contributed by atoms with van der Waals surface area (Å²) in [5, 5.41) is 0. The van der Waals surface area contributed by atoms with E-state index in [1.165, 1.54) is 51.4 Å². The van der Waals surface area contributed by atoms with Crippen LogP contribution in [0.4, 0.5) is 0 Å². The van der Waals surface area contributed by atoms with Crippen molar-refractivity contribution in [2.75, 3.05) is 0 Å². The summed E-state index contributed by atoms with van der Waals surface area (Å²) in [5.74, 6) is 1.96. The Bertz CT molecular complexity index is 288. The van der Waals surface area contributed by atoms with E-state index >= 15 is 0 Å². The lowest BCUT2D eigenvalue weighted by Crippen LogP contribution is -2.02. The molecule has 0 bridgehead atoms. The fourth-order valence-electron chi connectivity index (χ4n) is 2.03. The lowest BCUT2D eigenvalue weighted by Gasteiger charge is -2.03. The second-order valence-electron chi connectivity index (χ2n) is 4.94. The number of rotatable bonds is 10. The standard InChI is InChI=1S/C15H27N3.H3N/c1-3-5-7-9-11-14-16-13-17-15(18-14)12-10-8-6-4-2;/h13H,3-12H2,1-2H3;1H3. The van der Waals surface area contributed by atoms with Gasteiger partial charge in [0, 0.05) is 12.8 Å². The third-order valence-electron chi connectivity index (χ3n) is 3.18. The van der Waals surface area contributed by atoms with E-state index in [4.69, 9.17) is 0 Å². The van der Waals surface area contributed by atoms with Crippen molar-refractivity contribution in [2.45, 2.75) is 78.1 Å². The largest absolute Gasteiger partial charge is 0.344 e. The highest BCUT2D eigenvalue weighted by atomic mass is 15.0. The Morgan fingerprint density at radius 1 is 0.737 bits per heavy atom. The van der Waals surface area contributed by atoms with Gasteiger partial charge < -0.3 is 6.15 Å². The van der Waals surface area contributed by atoms with Gasteiger partial charge in [-0.15, -0.1) is 0 Å². The molecule has 1 aromatic rings. The summed E-state index contributed by atoms with van der Waals surface area (Å²) in [7, 11) is 0. The van der Waals surface area contributed by atoms with E-state index in [-0.39, 0.29) is 6.15 Å². The molecule has 0 amide bonds. The smallest absolute Gasteiger partial charge is 0.132 e. The minimum atomic E-state index is 0. The van der Waals surface area contributed by atoms with Crippen LogP contribution in [0.5, 0.6) is 0 Å². The molecular formula is C15H30N4. The van der Waals surface area contributed by atoms with Crippen LogP contribution in [0.3, 0.4) is 0 Å². The van der Waals surface area contributed by atoms with Gasteiger partial charge in [-0.25, -0.2) is 15.0 Å². The molecule has 3 N–H and O–H groups in total. The van der Waals surface area contributed by atoms with E-state index < -0.39 is 0 Å². The summed E-state index contributed by atoms with van der Waals surface area (Å²) in [6.45, 7) is 4.47. The van der Waals surface area contributed by atoms with E-state index in [1.807, 2.05) is 0 Å².